The monoisotopic (exact) mass is 240 g/mol. The van der Waals surface area contributed by atoms with Crippen molar-refractivity contribution in [2.75, 3.05) is 19.8 Å². The van der Waals surface area contributed by atoms with Crippen molar-refractivity contribution in [3.05, 3.63) is 0 Å². The summed E-state index contributed by atoms with van der Waals surface area (Å²) in [7, 11) is 0. The quantitative estimate of drug-likeness (QED) is 0.735. The molecular weight excluding hydrogens is 220 g/mol. The van der Waals surface area contributed by atoms with Crippen molar-refractivity contribution in [1.82, 2.24) is 9.80 Å². The van der Waals surface area contributed by atoms with Crippen molar-refractivity contribution in [3.63, 3.8) is 0 Å². The maximum absolute atomic E-state index is 11.7. The van der Waals surface area contributed by atoms with E-state index in [-0.39, 0.29) is 18.0 Å². The van der Waals surface area contributed by atoms with E-state index >= 15 is 0 Å². The van der Waals surface area contributed by atoms with Crippen molar-refractivity contribution in [1.29, 1.82) is 0 Å². The van der Waals surface area contributed by atoms with Crippen LogP contribution in [0.15, 0.2) is 0 Å². The predicted octanol–water partition coefficient (Wildman–Crippen LogP) is 0.941. The molecule has 2 aliphatic heterocycles. The van der Waals surface area contributed by atoms with Gasteiger partial charge in [0.1, 0.15) is 13.0 Å². The van der Waals surface area contributed by atoms with Crippen LogP contribution in [0.4, 0.5) is 0 Å². The second-order valence-corrected chi connectivity index (χ2v) is 4.70. The van der Waals surface area contributed by atoms with Gasteiger partial charge in [0, 0.05) is 25.9 Å². The molecule has 5 nitrogen and oxygen atoms in total. The number of rotatable bonds is 4. The molecule has 0 aromatic rings. The van der Waals surface area contributed by atoms with Crippen LogP contribution in [0.5, 0.6) is 0 Å². The highest BCUT2D eigenvalue weighted by Gasteiger charge is 2.25. The van der Waals surface area contributed by atoms with E-state index in [9.17, 15) is 9.59 Å². The molecule has 2 saturated heterocycles. The maximum Gasteiger partial charge on any atom is 0.224 e. The molecule has 0 aromatic carbocycles. The Morgan fingerprint density at radius 2 is 1.88 bits per heavy atom. The molecule has 0 aliphatic carbocycles. The first-order valence-corrected chi connectivity index (χ1v) is 6.37. The minimum atomic E-state index is -0.226. The van der Waals surface area contributed by atoms with Crippen molar-refractivity contribution in [3.8, 4) is 0 Å². The number of nitrogens with zero attached hydrogens (tertiary/aromatic N) is 2. The Kier molecular flexibility index (Phi) is 3.99. The molecule has 2 heterocycles. The van der Waals surface area contributed by atoms with E-state index in [1.54, 1.807) is 9.80 Å². The van der Waals surface area contributed by atoms with Gasteiger partial charge in [-0.15, -0.1) is 0 Å². The van der Waals surface area contributed by atoms with E-state index in [4.69, 9.17) is 4.74 Å². The molecule has 17 heavy (non-hydrogen) atoms. The minimum Gasteiger partial charge on any atom is -0.338 e. The van der Waals surface area contributed by atoms with Crippen LogP contribution in [-0.2, 0) is 14.3 Å². The summed E-state index contributed by atoms with van der Waals surface area (Å²) in [6, 6.07) is 0. The third-order valence-corrected chi connectivity index (χ3v) is 3.44. The van der Waals surface area contributed by atoms with Crippen molar-refractivity contribution < 1.29 is 14.3 Å². The molecule has 2 rings (SSSR count). The molecule has 1 atom stereocenters. The molecule has 0 aromatic heterocycles. The molecule has 0 spiro atoms. The molecule has 0 bridgehead atoms. The highest BCUT2D eigenvalue weighted by Crippen LogP contribution is 2.15. The van der Waals surface area contributed by atoms with Crippen LogP contribution in [0, 0.1) is 0 Å². The van der Waals surface area contributed by atoms with E-state index in [1.807, 2.05) is 6.92 Å². The molecule has 2 amide bonds. The van der Waals surface area contributed by atoms with E-state index in [0.717, 1.165) is 32.4 Å². The summed E-state index contributed by atoms with van der Waals surface area (Å²) in [5, 5.41) is 0. The Bertz CT molecular complexity index is 306. The molecule has 5 heteroatoms. The summed E-state index contributed by atoms with van der Waals surface area (Å²) in [6.07, 6.45) is 3.96. The van der Waals surface area contributed by atoms with Crippen molar-refractivity contribution in [2.45, 2.75) is 45.3 Å². The summed E-state index contributed by atoms with van der Waals surface area (Å²) < 4.78 is 5.62. The zero-order chi connectivity index (χ0) is 12.3. The molecule has 2 aliphatic rings. The first-order valence-electron chi connectivity index (χ1n) is 6.37. The van der Waals surface area contributed by atoms with Gasteiger partial charge in [0.25, 0.3) is 0 Å². The first-order chi connectivity index (χ1) is 8.18. The second kappa shape index (κ2) is 5.49. The summed E-state index contributed by atoms with van der Waals surface area (Å²) >= 11 is 0. The number of ether oxygens (including phenoxy) is 1. The molecular formula is C12H20N2O3. The van der Waals surface area contributed by atoms with Gasteiger partial charge in [-0.3, -0.25) is 9.59 Å². The Labute approximate surface area is 102 Å². The van der Waals surface area contributed by atoms with Crippen LogP contribution >= 0.6 is 0 Å². The fraction of sp³-hybridized carbons (Fsp3) is 0.833. The van der Waals surface area contributed by atoms with Gasteiger partial charge in [-0.05, 0) is 26.2 Å². The number of hydrogen-bond acceptors (Lipinski definition) is 3. The summed E-state index contributed by atoms with van der Waals surface area (Å²) in [4.78, 5) is 26.5. The van der Waals surface area contributed by atoms with Gasteiger partial charge in [0.2, 0.25) is 11.8 Å². The average Bonchev–Trinajstić information content (AvgIpc) is 2.72. The van der Waals surface area contributed by atoms with Gasteiger partial charge in [-0.1, -0.05) is 0 Å². The Morgan fingerprint density at radius 1 is 1.12 bits per heavy atom. The lowest BCUT2D eigenvalue weighted by Gasteiger charge is -2.33. The maximum atomic E-state index is 11.7. The Morgan fingerprint density at radius 3 is 2.53 bits per heavy atom. The minimum absolute atomic E-state index is 0.155. The van der Waals surface area contributed by atoms with Crippen LogP contribution < -0.4 is 0 Å². The van der Waals surface area contributed by atoms with Gasteiger partial charge in [-0.2, -0.15) is 0 Å². The van der Waals surface area contributed by atoms with E-state index in [2.05, 4.69) is 0 Å². The highest BCUT2D eigenvalue weighted by atomic mass is 16.5. The molecule has 1 unspecified atom stereocenters. The standard InChI is InChI=1S/C12H20N2O3/c1-10(14-8-3-2-5-12(14)16)17-9-13-7-4-6-11(13)15/h10H,2-9H2,1H3. The predicted molar refractivity (Wildman–Crippen MR) is 61.9 cm³/mol. The van der Waals surface area contributed by atoms with E-state index in [0.29, 0.717) is 19.6 Å². The summed E-state index contributed by atoms with van der Waals surface area (Å²) in [5.41, 5.74) is 0. The number of amides is 2. The summed E-state index contributed by atoms with van der Waals surface area (Å²) in [5.74, 6) is 0.318. The fourth-order valence-electron chi connectivity index (χ4n) is 2.34. The second-order valence-electron chi connectivity index (χ2n) is 4.70. The lowest BCUT2D eigenvalue weighted by molar-refractivity contribution is -0.155. The van der Waals surface area contributed by atoms with E-state index in [1.165, 1.54) is 0 Å². The first kappa shape index (κ1) is 12.4. The molecule has 96 valence electrons. The van der Waals surface area contributed by atoms with Gasteiger partial charge in [0.15, 0.2) is 0 Å². The average molecular weight is 240 g/mol. The van der Waals surface area contributed by atoms with Crippen molar-refractivity contribution >= 4 is 11.8 Å². The topological polar surface area (TPSA) is 49.9 Å². The van der Waals surface area contributed by atoms with Crippen LogP contribution in [-0.4, -0.2) is 47.7 Å². The van der Waals surface area contributed by atoms with Crippen molar-refractivity contribution in [2.24, 2.45) is 0 Å². The van der Waals surface area contributed by atoms with Crippen LogP contribution in [0.2, 0.25) is 0 Å². The molecule has 0 saturated carbocycles. The molecule has 0 N–H and O–H groups in total. The number of piperidine rings is 1. The van der Waals surface area contributed by atoms with Gasteiger partial charge >= 0.3 is 0 Å². The Balaban J connectivity index is 1.78. The zero-order valence-corrected chi connectivity index (χ0v) is 10.4. The lowest BCUT2D eigenvalue weighted by atomic mass is 10.1. The highest BCUT2D eigenvalue weighted by molar-refractivity contribution is 5.78. The van der Waals surface area contributed by atoms with Gasteiger partial charge < -0.3 is 14.5 Å². The SMILES string of the molecule is CC(OCN1CCCC1=O)N1CCCCC1=O. The largest absolute Gasteiger partial charge is 0.338 e. The zero-order valence-electron chi connectivity index (χ0n) is 10.4. The van der Waals surface area contributed by atoms with Crippen LogP contribution in [0.25, 0.3) is 0 Å². The Hall–Kier alpha value is -1.10. The third kappa shape index (κ3) is 2.97. The van der Waals surface area contributed by atoms with Crippen LogP contribution in [0.3, 0.4) is 0 Å². The third-order valence-electron chi connectivity index (χ3n) is 3.44. The van der Waals surface area contributed by atoms with Crippen LogP contribution in [0.1, 0.15) is 39.0 Å². The number of likely N-dealkylation sites (tertiary alicyclic amines) is 2. The molecule has 0 radical (unpaired) electrons. The fourth-order valence-corrected chi connectivity index (χ4v) is 2.34. The number of carbonyl (C=O) groups is 2. The number of hydrogen-bond donors (Lipinski definition) is 0. The van der Waals surface area contributed by atoms with Gasteiger partial charge in [0.05, 0.1) is 0 Å². The van der Waals surface area contributed by atoms with E-state index < -0.39 is 0 Å². The number of carbonyl (C=O) groups excluding carboxylic acids is 2. The normalized spacial score (nSPS) is 23.4. The van der Waals surface area contributed by atoms with Gasteiger partial charge in [-0.25, -0.2) is 0 Å². The smallest absolute Gasteiger partial charge is 0.224 e. The summed E-state index contributed by atoms with van der Waals surface area (Å²) in [6.45, 7) is 3.74. The molecule has 2 fully saturated rings. The lowest BCUT2D eigenvalue weighted by Crippen LogP contribution is -2.44.